The molecule has 28 heavy (non-hydrogen) atoms. The van der Waals surface area contributed by atoms with Crippen molar-refractivity contribution in [2.24, 2.45) is 4.99 Å². The summed E-state index contributed by atoms with van der Waals surface area (Å²) in [6.45, 7) is 4.13. The van der Waals surface area contributed by atoms with Gasteiger partial charge in [0, 0.05) is 44.2 Å². The largest absolute Gasteiger partial charge is 0.473 e. The van der Waals surface area contributed by atoms with Crippen LogP contribution in [-0.4, -0.2) is 35.0 Å². The number of hydrogen-bond donors (Lipinski definition) is 1. The summed E-state index contributed by atoms with van der Waals surface area (Å²) >= 11 is 0. The molecule has 0 bridgehead atoms. The molecule has 0 radical (unpaired) electrons. The van der Waals surface area contributed by atoms with Gasteiger partial charge in [-0.25, -0.2) is 9.97 Å². The molecule has 0 saturated carbocycles. The molecule has 0 aliphatic heterocycles. The average molecular weight is 375 g/mol. The summed E-state index contributed by atoms with van der Waals surface area (Å²) in [6, 6.07) is 9.27. The van der Waals surface area contributed by atoms with Crippen molar-refractivity contribution in [1.29, 1.82) is 0 Å². The van der Waals surface area contributed by atoms with Crippen molar-refractivity contribution in [3.8, 4) is 17.2 Å². The van der Waals surface area contributed by atoms with Crippen LogP contribution in [-0.2, 0) is 6.42 Å². The van der Waals surface area contributed by atoms with E-state index < -0.39 is 0 Å². The molecular formula is C21H21N5O2. The number of aromatic nitrogens is 3. The number of nitrogen functional groups attached to an aromatic ring is 1. The van der Waals surface area contributed by atoms with Crippen LogP contribution in [0.5, 0.6) is 5.88 Å². The molecule has 3 aromatic rings. The van der Waals surface area contributed by atoms with E-state index in [1.807, 2.05) is 30.3 Å². The van der Waals surface area contributed by atoms with Crippen LogP contribution < -0.4 is 10.5 Å². The molecule has 0 saturated heterocycles. The minimum Gasteiger partial charge on any atom is -0.473 e. The molecule has 2 N–H and O–H groups in total. The first-order valence-electron chi connectivity index (χ1n) is 8.67. The van der Waals surface area contributed by atoms with E-state index in [9.17, 15) is 0 Å². The lowest BCUT2D eigenvalue weighted by molar-refractivity contribution is 0.341. The third kappa shape index (κ3) is 4.91. The number of anilines is 1. The third-order valence-electron chi connectivity index (χ3n) is 3.93. The van der Waals surface area contributed by atoms with E-state index in [-0.39, 0.29) is 0 Å². The molecule has 0 aliphatic carbocycles. The van der Waals surface area contributed by atoms with Crippen LogP contribution in [0, 0.1) is 0 Å². The van der Waals surface area contributed by atoms with Crippen LogP contribution in [0.2, 0.25) is 0 Å². The van der Waals surface area contributed by atoms with Gasteiger partial charge in [0.05, 0.1) is 11.3 Å². The normalized spacial score (nSPS) is 11.7. The molecule has 0 spiro atoms. The molecule has 0 atom stereocenters. The van der Waals surface area contributed by atoms with Crippen LogP contribution >= 0.6 is 0 Å². The highest BCUT2D eigenvalue weighted by atomic mass is 16.5. The Morgan fingerprint density at radius 3 is 2.93 bits per heavy atom. The van der Waals surface area contributed by atoms with Gasteiger partial charge < -0.3 is 15.0 Å². The van der Waals surface area contributed by atoms with Gasteiger partial charge in [-0.1, -0.05) is 23.9 Å². The van der Waals surface area contributed by atoms with Crippen LogP contribution in [0.15, 0.2) is 76.5 Å². The van der Waals surface area contributed by atoms with Gasteiger partial charge in [0.25, 0.3) is 0 Å². The van der Waals surface area contributed by atoms with Crippen molar-refractivity contribution < 1.29 is 9.26 Å². The highest BCUT2D eigenvalue weighted by molar-refractivity contribution is 5.72. The van der Waals surface area contributed by atoms with E-state index in [1.165, 1.54) is 0 Å². The Labute approximate surface area is 163 Å². The summed E-state index contributed by atoms with van der Waals surface area (Å²) in [5.74, 6) is 1.54. The SMILES string of the molecule is C=C/C(=C\C=NC)COc1ccc(Cc2cc(-c3cccnc3N)on2)cn1. The van der Waals surface area contributed by atoms with Gasteiger partial charge >= 0.3 is 0 Å². The number of pyridine rings is 2. The fourth-order valence-electron chi connectivity index (χ4n) is 2.46. The fraction of sp³-hybridized carbons (Fsp3) is 0.143. The van der Waals surface area contributed by atoms with Gasteiger partial charge in [-0.15, -0.1) is 0 Å². The molecule has 3 heterocycles. The van der Waals surface area contributed by atoms with Crippen molar-refractivity contribution >= 4 is 12.0 Å². The van der Waals surface area contributed by atoms with Crippen molar-refractivity contribution in [1.82, 2.24) is 15.1 Å². The Morgan fingerprint density at radius 2 is 2.21 bits per heavy atom. The fourth-order valence-corrected chi connectivity index (χ4v) is 2.46. The molecule has 7 nitrogen and oxygen atoms in total. The van der Waals surface area contributed by atoms with Crippen LogP contribution in [0.3, 0.4) is 0 Å². The van der Waals surface area contributed by atoms with E-state index in [1.54, 1.807) is 37.8 Å². The van der Waals surface area contributed by atoms with Crippen molar-refractivity contribution in [2.75, 3.05) is 19.4 Å². The van der Waals surface area contributed by atoms with E-state index in [4.69, 9.17) is 15.0 Å². The molecule has 142 valence electrons. The molecule has 7 heteroatoms. The summed E-state index contributed by atoms with van der Waals surface area (Å²) in [5.41, 5.74) is 9.29. The smallest absolute Gasteiger partial charge is 0.213 e. The maximum absolute atomic E-state index is 5.88. The zero-order chi connectivity index (χ0) is 19.8. The molecule has 0 aliphatic rings. The van der Waals surface area contributed by atoms with Gasteiger partial charge in [-0.3, -0.25) is 4.99 Å². The standard InChI is InChI=1S/C21H21N5O2/c1-3-15(8-10-23-2)14-27-20-7-6-16(13-25-20)11-17-12-19(28-26-17)18-5-4-9-24-21(18)22/h3-10,12-13H,1,11,14H2,2H3,(H2,22,24)/b15-8+,23-10?. The van der Waals surface area contributed by atoms with Crippen LogP contribution in [0.1, 0.15) is 11.3 Å². The lowest BCUT2D eigenvalue weighted by atomic mass is 10.1. The van der Waals surface area contributed by atoms with E-state index in [0.29, 0.717) is 30.5 Å². The Hall–Kier alpha value is -3.74. The highest BCUT2D eigenvalue weighted by Gasteiger charge is 2.11. The summed E-state index contributed by atoms with van der Waals surface area (Å²) in [7, 11) is 1.71. The summed E-state index contributed by atoms with van der Waals surface area (Å²) in [5, 5.41) is 4.10. The number of nitrogens with zero attached hydrogens (tertiary/aromatic N) is 4. The Balaban J connectivity index is 1.62. The Bertz CT molecular complexity index is 990. The van der Waals surface area contributed by atoms with Crippen LogP contribution in [0.4, 0.5) is 5.82 Å². The number of rotatable bonds is 8. The first kappa shape index (κ1) is 19.0. The number of allylic oxidation sites excluding steroid dienone is 1. The van der Waals surface area contributed by atoms with E-state index in [0.717, 1.165) is 22.4 Å². The Morgan fingerprint density at radius 1 is 1.32 bits per heavy atom. The average Bonchev–Trinajstić information content (AvgIpc) is 3.18. The first-order valence-corrected chi connectivity index (χ1v) is 8.67. The second-order valence-electron chi connectivity index (χ2n) is 5.94. The summed E-state index contributed by atoms with van der Waals surface area (Å²) < 4.78 is 11.1. The lowest BCUT2D eigenvalue weighted by Gasteiger charge is -2.06. The third-order valence-corrected chi connectivity index (χ3v) is 3.93. The van der Waals surface area contributed by atoms with E-state index >= 15 is 0 Å². The van der Waals surface area contributed by atoms with Crippen molar-refractivity contribution in [2.45, 2.75) is 6.42 Å². The molecule has 0 aromatic carbocycles. The van der Waals surface area contributed by atoms with Gasteiger partial charge in [-0.05, 0) is 29.3 Å². The molecule has 0 amide bonds. The minimum absolute atomic E-state index is 0.376. The number of nitrogens with two attached hydrogens (primary N) is 1. The summed E-state index contributed by atoms with van der Waals surface area (Å²) in [6.07, 6.45) is 9.25. The Kier molecular flexibility index (Phi) is 6.30. The molecule has 0 unspecified atom stereocenters. The van der Waals surface area contributed by atoms with Crippen LogP contribution in [0.25, 0.3) is 11.3 Å². The second kappa shape index (κ2) is 9.27. The topological polar surface area (TPSA) is 99.4 Å². The molecule has 3 aromatic heterocycles. The lowest BCUT2D eigenvalue weighted by Crippen LogP contribution is -2.01. The zero-order valence-electron chi connectivity index (χ0n) is 15.6. The first-order chi connectivity index (χ1) is 13.7. The molecule has 3 rings (SSSR count). The predicted molar refractivity (Wildman–Crippen MR) is 109 cm³/mol. The monoisotopic (exact) mass is 375 g/mol. The van der Waals surface area contributed by atoms with Crippen molar-refractivity contribution in [3.05, 3.63) is 78.3 Å². The summed E-state index contributed by atoms with van der Waals surface area (Å²) in [4.78, 5) is 12.3. The van der Waals surface area contributed by atoms with Gasteiger partial charge in [0.1, 0.15) is 12.4 Å². The maximum atomic E-state index is 5.88. The number of ether oxygens (including phenoxy) is 1. The minimum atomic E-state index is 0.376. The maximum Gasteiger partial charge on any atom is 0.213 e. The van der Waals surface area contributed by atoms with Gasteiger partial charge in [0.15, 0.2) is 5.76 Å². The predicted octanol–water partition coefficient (Wildman–Crippen LogP) is 3.50. The quantitative estimate of drug-likeness (QED) is 0.478. The number of aliphatic imine (C=N–C) groups is 1. The highest BCUT2D eigenvalue weighted by Crippen LogP contribution is 2.25. The zero-order valence-corrected chi connectivity index (χ0v) is 15.6. The number of hydrogen-bond acceptors (Lipinski definition) is 7. The molecule has 0 fully saturated rings. The van der Waals surface area contributed by atoms with Gasteiger partial charge in [0.2, 0.25) is 5.88 Å². The second-order valence-corrected chi connectivity index (χ2v) is 5.94. The molecular weight excluding hydrogens is 354 g/mol. The van der Waals surface area contributed by atoms with Gasteiger partial charge in [-0.2, -0.15) is 0 Å². The van der Waals surface area contributed by atoms with Crippen molar-refractivity contribution in [3.63, 3.8) is 0 Å². The van der Waals surface area contributed by atoms with E-state index in [2.05, 4.69) is 26.7 Å².